The van der Waals surface area contributed by atoms with Crippen molar-refractivity contribution in [3.63, 3.8) is 0 Å². The molecular formula is C9H14N2S. The Hall–Kier alpha value is -0.410. The molecule has 0 aromatic carbocycles. The molecule has 1 heterocycles. The summed E-state index contributed by atoms with van der Waals surface area (Å²) in [5.41, 5.74) is 6.49. The van der Waals surface area contributed by atoms with Gasteiger partial charge in [-0.05, 0) is 18.3 Å². The van der Waals surface area contributed by atoms with Crippen LogP contribution in [0.15, 0.2) is 11.6 Å². The van der Waals surface area contributed by atoms with Crippen molar-refractivity contribution < 1.29 is 0 Å². The van der Waals surface area contributed by atoms with E-state index in [4.69, 9.17) is 5.73 Å². The highest BCUT2D eigenvalue weighted by Crippen LogP contribution is 2.48. The summed E-state index contributed by atoms with van der Waals surface area (Å²) < 4.78 is 0. The molecule has 1 aromatic rings. The maximum absolute atomic E-state index is 6.07. The highest BCUT2D eigenvalue weighted by Gasteiger charge is 2.42. The van der Waals surface area contributed by atoms with Gasteiger partial charge in [-0.25, -0.2) is 4.98 Å². The lowest BCUT2D eigenvalue weighted by Crippen LogP contribution is -2.31. The monoisotopic (exact) mass is 182 g/mol. The summed E-state index contributed by atoms with van der Waals surface area (Å²) >= 11 is 1.70. The van der Waals surface area contributed by atoms with Crippen molar-refractivity contribution in [1.29, 1.82) is 0 Å². The SMILES string of the molecule is CC1(C(N)Cc2nccs2)CC1. The van der Waals surface area contributed by atoms with Crippen LogP contribution in [0.25, 0.3) is 0 Å². The molecule has 1 atom stereocenters. The Bertz CT molecular complexity index is 252. The van der Waals surface area contributed by atoms with Crippen molar-refractivity contribution in [2.75, 3.05) is 0 Å². The third-order valence-electron chi connectivity index (χ3n) is 2.81. The van der Waals surface area contributed by atoms with Crippen molar-refractivity contribution in [2.24, 2.45) is 11.1 Å². The van der Waals surface area contributed by atoms with E-state index in [1.807, 2.05) is 11.6 Å². The van der Waals surface area contributed by atoms with Crippen molar-refractivity contribution in [3.8, 4) is 0 Å². The largest absolute Gasteiger partial charge is 0.327 e. The Morgan fingerprint density at radius 3 is 3.00 bits per heavy atom. The molecule has 0 bridgehead atoms. The third-order valence-corrected chi connectivity index (χ3v) is 3.61. The second-order valence-electron chi connectivity index (χ2n) is 3.89. The molecular weight excluding hydrogens is 168 g/mol. The van der Waals surface area contributed by atoms with Crippen LogP contribution in [0.2, 0.25) is 0 Å². The summed E-state index contributed by atoms with van der Waals surface area (Å²) in [5, 5.41) is 3.19. The maximum Gasteiger partial charge on any atom is 0.0940 e. The number of aromatic nitrogens is 1. The van der Waals surface area contributed by atoms with Gasteiger partial charge < -0.3 is 5.73 Å². The van der Waals surface area contributed by atoms with Gasteiger partial charge in [0.25, 0.3) is 0 Å². The van der Waals surface area contributed by atoms with Gasteiger partial charge in [-0.15, -0.1) is 11.3 Å². The van der Waals surface area contributed by atoms with E-state index < -0.39 is 0 Å². The highest BCUT2D eigenvalue weighted by atomic mass is 32.1. The normalized spacial score (nSPS) is 22.2. The van der Waals surface area contributed by atoms with Gasteiger partial charge in [0.05, 0.1) is 5.01 Å². The Morgan fingerprint density at radius 1 is 1.75 bits per heavy atom. The molecule has 1 aliphatic rings. The summed E-state index contributed by atoms with van der Waals surface area (Å²) in [7, 11) is 0. The first-order chi connectivity index (χ1) is 5.71. The topological polar surface area (TPSA) is 38.9 Å². The van der Waals surface area contributed by atoms with Crippen molar-refractivity contribution in [2.45, 2.75) is 32.2 Å². The molecule has 0 radical (unpaired) electrons. The molecule has 0 spiro atoms. The number of thiazole rings is 1. The number of hydrogen-bond acceptors (Lipinski definition) is 3. The lowest BCUT2D eigenvalue weighted by molar-refractivity contribution is 0.432. The van der Waals surface area contributed by atoms with E-state index in [0.29, 0.717) is 11.5 Å². The van der Waals surface area contributed by atoms with Gasteiger partial charge in [0.2, 0.25) is 0 Å². The zero-order valence-electron chi connectivity index (χ0n) is 7.29. The van der Waals surface area contributed by atoms with Crippen molar-refractivity contribution >= 4 is 11.3 Å². The molecule has 0 aliphatic heterocycles. The zero-order chi connectivity index (χ0) is 8.60. The number of nitrogens with two attached hydrogens (primary N) is 1. The van der Waals surface area contributed by atoms with Gasteiger partial charge in [0, 0.05) is 24.0 Å². The first-order valence-corrected chi connectivity index (χ1v) is 5.23. The predicted octanol–water partition coefficient (Wildman–Crippen LogP) is 1.81. The molecule has 12 heavy (non-hydrogen) atoms. The van der Waals surface area contributed by atoms with E-state index in [1.165, 1.54) is 17.8 Å². The van der Waals surface area contributed by atoms with Crippen LogP contribution in [0.5, 0.6) is 0 Å². The first kappa shape index (κ1) is 8.20. The molecule has 1 unspecified atom stereocenters. The molecule has 2 N–H and O–H groups in total. The van der Waals surface area contributed by atoms with Gasteiger partial charge >= 0.3 is 0 Å². The summed E-state index contributed by atoms with van der Waals surface area (Å²) in [6, 6.07) is 0.309. The van der Waals surface area contributed by atoms with Crippen molar-refractivity contribution in [3.05, 3.63) is 16.6 Å². The molecule has 3 heteroatoms. The molecule has 2 nitrogen and oxygen atoms in total. The lowest BCUT2D eigenvalue weighted by Gasteiger charge is -2.16. The molecule has 0 amide bonds. The molecule has 1 aromatic heterocycles. The van der Waals surface area contributed by atoms with E-state index in [0.717, 1.165) is 6.42 Å². The Kier molecular flexibility index (Phi) is 1.93. The van der Waals surface area contributed by atoms with E-state index in [-0.39, 0.29) is 0 Å². The summed E-state index contributed by atoms with van der Waals surface area (Å²) in [6.45, 7) is 2.27. The van der Waals surface area contributed by atoms with Crippen LogP contribution in [0, 0.1) is 5.41 Å². The fraction of sp³-hybridized carbons (Fsp3) is 0.667. The molecule has 2 rings (SSSR count). The smallest absolute Gasteiger partial charge is 0.0940 e. The van der Waals surface area contributed by atoms with Crippen molar-refractivity contribution in [1.82, 2.24) is 4.98 Å². The molecule has 1 saturated carbocycles. The minimum atomic E-state index is 0.309. The first-order valence-electron chi connectivity index (χ1n) is 4.35. The Balaban J connectivity index is 1.95. The minimum Gasteiger partial charge on any atom is -0.327 e. The summed E-state index contributed by atoms with van der Waals surface area (Å²) in [6.07, 6.45) is 5.38. The van der Waals surface area contributed by atoms with E-state index in [2.05, 4.69) is 11.9 Å². The van der Waals surface area contributed by atoms with Crippen LogP contribution in [0.3, 0.4) is 0 Å². The minimum absolute atomic E-state index is 0.309. The standard InChI is InChI=1S/C9H14N2S/c1-9(2-3-9)7(10)6-8-11-4-5-12-8/h4-5,7H,2-3,6,10H2,1H3. The summed E-state index contributed by atoms with van der Waals surface area (Å²) in [5.74, 6) is 0. The second kappa shape index (κ2) is 2.82. The summed E-state index contributed by atoms with van der Waals surface area (Å²) in [4.78, 5) is 4.24. The third kappa shape index (κ3) is 1.52. The van der Waals surface area contributed by atoms with Crippen LogP contribution in [0.1, 0.15) is 24.8 Å². The Morgan fingerprint density at radius 2 is 2.50 bits per heavy atom. The average molecular weight is 182 g/mol. The average Bonchev–Trinajstić information content (AvgIpc) is 2.63. The van der Waals surface area contributed by atoms with E-state index >= 15 is 0 Å². The molecule has 0 saturated heterocycles. The van der Waals surface area contributed by atoms with Gasteiger partial charge in [-0.2, -0.15) is 0 Å². The fourth-order valence-electron chi connectivity index (χ4n) is 1.36. The molecule has 1 aliphatic carbocycles. The van der Waals surface area contributed by atoms with Gasteiger partial charge in [-0.1, -0.05) is 6.92 Å². The zero-order valence-corrected chi connectivity index (χ0v) is 8.10. The molecule has 1 fully saturated rings. The highest BCUT2D eigenvalue weighted by molar-refractivity contribution is 7.09. The van der Waals surface area contributed by atoms with Crippen LogP contribution < -0.4 is 5.73 Å². The predicted molar refractivity (Wildman–Crippen MR) is 51.1 cm³/mol. The fourth-order valence-corrected chi connectivity index (χ4v) is 2.03. The number of nitrogens with zero attached hydrogens (tertiary/aromatic N) is 1. The Labute approximate surface area is 76.8 Å². The van der Waals surface area contributed by atoms with E-state index in [9.17, 15) is 0 Å². The van der Waals surface area contributed by atoms with E-state index in [1.54, 1.807) is 11.3 Å². The molecule has 66 valence electrons. The van der Waals surface area contributed by atoms with Crippen LogP contribution in [-0.4, -0.2) is 11.0 Å². The number of rotatable bonds is 3. The van der Waals surface area contributed by atoms with Gasteiger partial charge in [0.1, 0.15) is 0 Å². The quantitative estimate of drug-likeness (QED) is 0.774. The van der Waals surface area contributed by atoms with Gasteiger partial charge in [0.15, 0.2) is 0 Å². The van der Waals surface area contributed by atoms with Crippen LogP contribution >= 0.6 is 11.3 Å². The second-order valence-corrected chi connectivity index (χ2v) is 4.87. The lowest BCUT2D eigenvalue weighted by atomic mass is 9.97. The maximum atomic E-state index is 6.07. The van der Waals surface area contributed by atoms with Crippen LogP contribution in [-0.2, 0) is 6.42 Å². The van der Waals surface area contributed by atoms with Crippen LogP contribution in [0.4, 0.5) is 0 Å². The van der Waals surface area contributed by atoms with Gasteiger partial charge in [-0.3, -0.25) is 0 Å². The number of hydrogen-bond donors (Lipinski definition) is 1.